The molecule has 0 bridgehead atoms. The predicted octanol–water partition coefficient (Wildman–Crippen LogP) is -4.75. The average molecular weight is 671 g/mol. The van der Waals surface area contributed by atoms with Gasteiger partial charge in [0.05, 0.1) is 12.6 Å². The number of aliphatic hydroxyl groups excluding tert-OH is 1. The standard InChI is InChI=1S/C29H54N10O8/c1-16(2)14-21-27(45)37-19(8-11-31)26(44)38-20(9-12-32)29(47)39(4)24(17(3)40)28(46)33-13-5-6-22(41)35-18(7-10-30)25(43)34-15-23(42)36-21/h16-21,24,40H,5-15,30-32H2,1-4H3,(H,33,46)(H,34,43)(H,35,41)(H,36,42)(H,37,45)(H,38,44)/t17-,18+,19+,20+,21+,24?/m1/s1. The van der Waals surface area contributed by atoms with Gasteiger partial charge in [-0.3, -0.25) is 33.6 Å². The van der Waals surface area contributed by atoms with Crippen LogP contribution in [0.2, 0.25) is 0 Å². The Morgan fingerprint density at radius 2 is 1.21 bits per heavy atom. The van der Waals surface area contributed by atoms with Crippen molar-refractivity contribution in [2.45, 2.75) is 95.6 Å². The van der Waals surface area contributed by atoms with Gasteiger partial charge in [-0.15, -0.1) is 0 Å². The molecule has 1 rings (SSSR count). The first-order chi connectivity index (χ1) is 22.2. The Morgan fingerprint density at radius 3 is 1.77 bits per heavy atom. The summed E-state index contributed by atoms with van der Waals surface area (Å²) in [5, 5.41) is 25.8. The van der Waals surface area contributed by atoms with Crippen molar-refractivity contribution in [3.63, 3.8) is 0 Å². The Labute approximate surface area is 275 Å². The average Bonchev–Trinajstić information content (AvgIpc) is 2.99. The predicted molar refractivity (Wildman–Crippen MR) is 172 cm³/mol. The van der Waals surface area contributed by atoms with Crippen LogP contribution < -0.4 is 49.1 Å². The second kappa shape index (κ2) is 21.1. The van der Waals surface area contributed by atoms with Crippen molar-refractivity contribution >= 4 is 41.4 Å². The van der Waals surface area contributed by atoms with Crippen LogP contribution in [0.1, 0.15) is 59.3 Å². The quantitative estimate of drug-likeness (QED) is 0.111. The minimum Gasteiger partial charge on any atom is -0.391 e. The van der Waals surface area contributed by atoms with Crippen molar-refractivity contribution in [1.29, 1.82) is 0 Å². The second-order valence-corrected chi connectivity index (χ2v) is 12.0. The topological polar surface area (TPSA) is 293 Å². The maximum absolute atomic E-state index is 13.5. The summed E-state index contributed by atoms with van der Waals surface area (Å²) in [6.45, 7) is 4.53. The van der Waals surface area contributed by atoms with Gasteiger partial charge < -0.3 is 59.1 Å². The van der Waals surface area contributed by atoms with E-state index in [2.05, 4.69) is 31.9 Å². The van der Waals surface area contributed by atoms with E-state index in [0.29, 0.717) is 0 Å². The van der Waals surface area contributed by atoms with Gasteiger partial charge in [0.15, 0.2) is 0 Å². The van der Waals surface area contributed by atoms with Crippen molar-refractivity contribution in [2.24, 2.45) is 23.1 Å². The fourth-order valence-corrected chi connectivity index (χ4v) is 5.01. The van der Waals surface area contributed by atoms with Gasteiger partial charge in [0.1, 0.15) is 30.2 Å². The molecule has 13 N–H and O–H groups in total. The molecule has 268 valence electrons. The molecule has 0 spiro atoms. The summed E-state index contributed by atoms with van der Waals surface area (Å²) in [6, 6.07) is -5.90. The van der Waals surface area contributed by atoms with E-state index in [0.717, 1.165) is 4.90 Å². The van der Waals surface area contributed by atoms with E-state index in [1.807, 2.05) is 13.8 Å². The van der Waals surface area contributed by atoms with Gasteiger partial charge in [-0.05, 0) is 64.6 Å². The molecule has 0 aromatic rings. The zero-order valence-electron chi connectivity index (χ0n) is 27.8. The van der Waals surface area contributed by atoms with Crippen molar-refractivity contribution < 1.29 is 38.7 Å². The SMILES string of the molecule is CC(C)C[C@@H]1NC(=O)CNC(=O)[C@H](CCN)NC(=O)CCCNC(=O)C([C@@H](C)O)N(C)C(=O)[C@H](CCN)NC(=O)[C@H](CCN)NC1=O. The highest BCUT2D eigenvalue weighted by molar-refractivity contribution is 5.96. The van der Waals surface area contributed by atoms with Gasteiger partial charge in [-0.25, -0.2) is 0 Å². The lowest BCUT2D eigenvalue weighted by Crippen LogP contribution is -2.60. The third-order valence-corrected chi connectivity index (χ3v) is 7.42. The van der Waals surface area contributed by atoms with E-state index in [4.69, 9.17) is 17.2 Å². The Kier molecular flexibility index (Phi) is 18.5. The minimum absolute atomic E-state index is 0.00635. The van der Waals surface area contributed by atoms with E-state index in [-0.39, 0.29) is 70.6 Å². The highest BCUT2D eigenvalue weighted by Crippen LogP contribution is 2.10. The highest BCUT2D eigenvalue weighted by Gasteiger charge is 2.36. The summed E-state index contributed by atoms with van der Waals surface area (Å²) in [5.41, 5.74) is 17.1. The number of hydrogen-bond donors (Lipinski definition) is 10. The number of likely N-dealkylation sites (N-methyl/N-ethyl adjacent to an activating group) is 1. The van der Waals surface area contributed by atoms with Gasteiger partial charge in [-0.2, -0.15) is 0 Å². The molecule has 1 aliphatic heterocycles. The second-order valence-electron chi connectivity index (χ2n) is 12.0. The number of amides is 7. The number of rotatable bonds is 9. The molecule has 7 amide bonds. The Balaban J connectivity index is 3.44. The fourth-order valence-electron chi connectivity index (χ4n) is 5.01. The number of carbonyl (C=O) groups is 7. The van der Waals surface area contributed by atoms with Crippen LogP contribution in [0, 0.1) is 5.92 Å². The third-order valence-electron chi connectivity index (χ3n) is 7.42. The molecule has 1 saturated heterocycles. The Morgan fingerprint density at radius 1 is 0.702 bits per heavy atom. The molecule has 1 fully saturated rings. The van der Waals surface area contributed by atoms with Crippen LogP contribution in [0.25, 0.3) is 0 Å². The van der Waals surface area contributed by atoms with Crippen LogP contribution in [0.15, 0.2) is 0 Å². The summed E-state index contributed by atoms with van der Waals surface area (Å²) in [4.78, 5) is 92.5. The molecule has 0 radical (unpaired) electrons. The van der Waals surface area contributed by atoms with Crippen LogP contribution in [0.3, 0.4) is 0 Å². The summed E-state index contributed by atoms with van der Waals surface area (Å²) < 4.78 is 0. The number of hydrogen-bond acceptors (Lipinski definition) is 11. The monoisotopic (exact) mass is 670 g/mol. The first kappa shape index (κ1) is 41.2. The number of nitrogens with two attached hydrogens (primary N) is 3. The molecule has 0 aromatic heterocycles. The van der Waals surface area contributed by atoms with Crippen molar-refractivity contribution in [1.82, 2.24) is 36.8 Å². The summed E-state index contributed by atoms with van der Waals surface area (Å²) >= 11 is 0. The van der Waals surface area contributed by atoms with Gasteiger partial charge >= 0.3 is 0 Å². The van der Waals surface area contributed by atoms with Crippen LogP contribution in [-0.4, -0.2) is 127 Å². The maximum Gasteiger partial charge on any atom is 0.245 e. The molecule has 1 aliphatic rings. The van der Waals surface area contributed by atoms with Crippen LogP contribution in [0.4, 0.5) is 0 Å². The van der Waals surface area contributed by atoms with E-state index < -0.39 is 84.2 Å². The lowest BCUT2D eigenvalue weighted by molar-refractivity contribution is -0.145. The first-order valence-corrected chi connectivity index (χ1v) is 16.0. The molecule has 18 heteroatoms. The fraction of sp³-hybridized carbons (Fsp3) is 0.759. The third kappa shape index (κ3) is 14.2. The van der Waals surface area contributed by atoms with Crippen LogP contribution in [0.5, 0.6) is 0 Å². The molecule has 6 atom stereocenters. The van der Waals surface area contributed by atoms with E-state index in [9.17, 15) is 38.7 Å². The molecule has 47 heavy (non-hydrogen) atoms. The number of nitrogens with zero attached hydrogens (tertiary/aromatic N) is 1. The maximum atomic E-state index is 13.5. The molecule has 1 heterocycles. The van der Waals surface area contributed by atoms with Gasteiger partial charge in [0, 0.05) is 20.0 Å². The van der Waals surface area contributed by atoms with E-state index >= 15 is 0 Å². The zero-order valence-corrected chi connectivity index (χ0v) is 27.8. The molecule has 1 unspecified atom stereocenters. The molecule has 0 aromatic carbocycles. The summed E-state index contributed by atoms with van der Waals surface area (Å²) in [6.07, 6.45) is -0.995. The molecule has 0 aliphatic carbocycles. The number of aliphatic hydroxyl groups is 1. The summed E-state index contributed by atoms with van der Waals surface area (Å²) in [5.74, 6) is -4.76. The lowest BCUT2D eigenvalue weighted by atomic mass is 10.0. The Bertz CT molecular complexity index is 1090. The van der Waals surface area contributed by atoms with Crippen molar-refractivity contribution in [2.75, 3.05) is 39.8 Å². The molecule has 18 nitrogen and oxygen atoms in total. The smallest absolute Gasteiger partial charge is 0.245 e. The van der Waals surface area contributed by atoms with Gasteiger partial charge in [0.2, 0.25) is 41.4 Å². The zero-order chi connectivity index (χ0) is 35.7. The minimum atomic E-state index is -1.35. The molecular weight excluding hydrogens is 616 g/mol. The summed E-state index contributed by atoms with van der Waals surface area (Å²) in [7, 11) is 1.30. The Hall–Kier alpha value is -3.87. The number of nitrogens with one attached hydrogen (secondary N) is 6. The van der Waals surface area contributed by atoms with Crippen LogP contribution in [-0.2, 0) is 33.6 Å². The van der Waals surface area contributed by atoms with Crippen molar-refractivity contribution in [3.8, 4) is 0 Å². The van der Waals surface area contributed by atoms with Crippen LogP contribution >= 0.6 is 0 Å². The normalized spacial score (nSPS) is 26.0. The van der Waals surface area contributed by atoms with E-state index in [1.165, 1.54) is 14.0 Å². The first-order valence-electron chi connectivity index (χ1n) is 16.0. The van der Waals surface area contributed by atoms with Gasteiger partial charge in [0.25, 0.3) is 0 Å². The molecular formula is C29H54N10O8. The van der Waals surface area contributed by atoms with Gasteiger partial charge in [-0.1, -0.05) is 13.8 Å². The highest BCUT2D eigenvalue weighted by atomic mass is 16.3. The van der Waals surface area contributed by atoms with E-state index in [1.54, 1.807) is 0 Å². The number of carbonyl (C=O) groups excluding carboxylic acids is 7. The lowest BCUT2D eigenvalue weighted by Gasteiger charge is -2.33. The molecule has 0 saturated carbocycles. The van der Waals surface area contributed by atoms with Crippen molar-refractivity contribution in [3.05, 3.63) is 0 Å². The largest absolute Gasteiger partial charge is 0.391 e.